The first-order valence-electron chi connectivity index (χ1n) is 6.08. The van der Waals surface area contributed by atoms with Gasteiger partial charge in [-0.15, -0.1) is 0 Å². The summed E-state index contributed by atoms with van der Waals surface area (Å²) in [6.45, 7) is 4.21. The van der Waals surface area contributed by atoms with E-state index in [0.717, 1.165) is 19.3 Å². The van der Waals surface area contributed by atoms with E-state index in [0.29, 0.717) is 22.8 Å². The highest BCUT2D eigenvalue weighted by Gasteiger charge is 2.34. The minimum absolute atomic E-state index is 0.0138. The van der Waals surface area contributed by atoms with Gasteiger partial charge in [-0.3, -0.25) is 4.79 Å². The van der Waals surface area contributed by atoms with Crippen LogP contribution >= 0.6 is 11.6 Å². The molecule has 1 amide bonds. The Morgan fingerprint density at radius 1 is 1.59 bits per heavy atom. The van der Waals surface area contributed by atoms with Crippen molar-refractivity contribution in [2.75, 3.05) is 0 Å². The highest BCUT2D eigenvalue weighted by Crippen LogP contribution is 2.28. The third-order valence-corrected chi connectivity index (χ3v) is 3.78. The predicted octanol–water partition coefficient (Wildman–Crippen LogP) is 3.14. The minimum atomic E-state index is 0.0138. The van der Waals surface area contributed by atoms with Crippen LogP contribution in [0.5, 0.6) is 0 Å². The maximum absolute atomic E-state index is 12.4. The molecule has 0 aromatic carbocycles. The number of rotatable bonds is 2. The number of aromatic nitrogens is 1. The van der Waals surface area contributed by atoms with E-state index in [1.165, 1.54) is 0 Å². The molecular formula is C13H17ClN2O. The van der Waals surface area contributed by atoms with Gasteiger partial charge in [0.1, 0.15) is 5.15 Å². The highest BCUT2D eigenvalue weighted by atomic mass is 35.5. The van der Waals surface area contributed by atoms with E-state index in [4.69, 9.17) is 11.6 Å². The van der Waals surface area contributed by atoms with Crippen molar-refractivity contribution in [3.8, 4) is 0 Å². The monoisotopic (exact) mass is 252 g/mol. The summed E-state index contributed by atoms with van der Waals surface area (Å²) in [5.74, 6) is 0.0138. The zero-order valence-electron chi connectivity index (χ0n) is 10.2. The second-order valence-corrected chi connectivity index (χ2v) is 4.90. The standard InChI is InChI=1S/C13H17ClN2O/c1-3-10-7-6-9(2)16(10)13(17)11-5-4-8-15-12(11)14/h4-5,8-10H,3,6-7H2,1-2H3. The van der Waals surface area contributed by atoms with Crippen molar-refractivity contribution >= 4 is 17.5 Å². The Labute approximate surface area is 107 Å². The molecule has 0 saturated carbocycles. The van der Waals surface area contributed by atoms with Crippen LogP contribution in [0.4, 0.5) is 0 Å². The number of nitrogens with zero attached hydrogens (tertiary/aromatic N) is 2. The van der Waals surface area contributed by atoms with Crippen molar-refractivity contribution in [2.24, 2.45) is 0 Å². The van der Waals surface area contributed by atoms with E-state index in [1.807, 2.05) is 4.90 Å². The van der Waals surface area contributed by atoms with Gasteiger partial charge in [-0.05, 0) is 38.3 Å². The van der Waals surface area contributed by atoms with Gasteiger partial charge >= 0.3 is 0 Å². The maximum Gasteiger partial charge on any atom is 0.257 e. The van der Waals surface area contributed by atoms with Crippen molar-refractivity contribution in [1.82, 2.24) is 9.88 Å². The van der Waals surface area contributed by atoms with Crippen LogP contribution in [0.15, 0.2) is 18.3 Å². The van der Waals surface area contributed by atoms with Crippen molar-refractivity contribution < 1.29 is 4.79 Å². The minimum Gasteiger partial charge on any atom is -0.333 e. The van der Waals surface area contributed by atoms with Gasteiger partial charge in [0.2, 0.25) is 0 Å². The number of pyridine rings is 1. The first kappa shape index (κ1) is 12.4. The molecule has 17 heavy (non-hydrogen) atoms. The Bertz CT molecular complexity index is 422. The number of carbonyl (C=O) groups excluding carboxylic acids is 1. The quantitative estimate of drug-likeness (QED) is 0.758. The lowest BCUT2D eigenvalue weighted by molar-refractivity contribution is 0.0676. The summed E-state index contributed by atoms with van der Waals surface area (Å²) in [5, 5.41) is 0.298. The van der Waals surface area contributed by atoms with Gasteiger partial charge in [-0.1, -0.05) is 18.5 Å². The van der Waals surface area contributed by atoms with Gasteiger partial charge < -0.3 is 4.90 Å². The predicted molar refractivity (Wildman–Crippen MR) is 68.2 cm³/mol. The Morgan fingerprint density at radius 3 is 3.00 bits per heavy atom. The summed E-state index contributed by atoms with van der Waals surface area (Å²) in [7, 11) is 0. The van der Waals surface area contributed by atoms with Crippen LogP contribution in [0.3, 0.4) is 0 Å². The fraction of sp³-hybridized carbons (Fsp3) is 0.538. The smallest absolute Gasteiger partial charge is 0.257 e. The zero-order chi connectivity index (χ0) is 12.4. The van der Waals surface area contributed by atoms with E-state index in [1.54, 1.807) is 18.3 Å². The van der Waals surface area contributed by atoms with Crippen LogP contribution in [-0.4, -0.2) is 27.9 Å². The Balaban J connectivity index is 2.28. The first-order valence-corrected chi connectivity index (χ1v) is 6.46. The molecule has 2 unspecified atom stereocenters. The lowest BCUT2D eigenvalue weighted by Crippen LogP contribution is -2.39. The molecule has 0 N–H and O–H groups in total. The molecule has 1 fully saturated rings. The summed E-state index contributed by atoms with van der Waals surface area (Å²) in [5.41, 5.74) is 0.515. The van der Waals surface area contributed by atoms with Gasteiger partial charge in [0, 0.05) is 18.3 Å². The van der Waals surface area contributed by atoms with Crippen LogP contribution in [0, 0.1) is 0 Å². The lowest BCUT2D eigenvalue weighted by atomic mass is 10.1. The molecule has 0 bridgehead atoms. The molecule has 0 spiro atoms. The fourth-order valence-corrected chi connectivity index (χ4v) is 2.72. The summed E-state index contributed by atoms with van der Waals surface area (Å²) >= 11 is 5.98. The third-order valence-electron chi connectivity index (χ3n) is 3.48. The van der Waals surface area contributed by atoms with Gasteiger partial charge in [0.15, 0.2) is 0 Å². The van der Waals surface area contributed by atoms with E-state index in [-0.39, 0.29) is 5.91 Å². The van der Waals surface area contributed by atoms with E-state index in [2.05, 4.69) is 18.8 Å². The molecule has 1 aromatic heterocycles. The van der Waals surface area contributed by atoms with Gasteiger partial charge in [-0.2, -0.15) is 0 Å². The summed E-state index contributed by atoms with van der Waals surface area (Å²) in [6, 6.07) is 4.13. The molecule has 2 heterocycles. The van der Waals surface area contributed by atoms with Crippen LogP contribution < -0.4 is 0 Å². The van der Waals surface area contributed by atoms with Crippen molar-refractivity contribution in [3.05, 3.63) is 29.0 Å². The molecule has 1 aliphatic heterocycles. The number of hydrogen-bond donors (Lipinski definition) is 0. The highest BCUT2D eigenvalue weighted by molar-refractivity contribution is 6.32. The Morgan fingerprint density at radius 2 is 2.35 bits per heavy atom. The van der Waals surface area contributed by atoms with E-state index in [9.17, 15) is 4.79 Å². The number of halogens is 1. The molecule has 2 rings (SSSR count). The molecule has 1 saturated heterocycles. The first-order chi connectivity index (χ1) is 8.15. The number of likely N-dealkylation sites (tertiary alicyclic amines) is 1. The summed E-state index contributed by atoms with van der Waals surface area (Å²) in [4.78, 5) is 18.4. The number of carbonyl (C=O) groups is 1. The molecule has 0 radical (unpaired) electrons. The Hall–Kier alpha value is -1.09. The van der Waals surface area contributed by atoms with Crippen LogP contribution in [-0.2, 0) is 0 Å². The zero-order valence-corrected chi connectivity index (χ0v) is 10.9. The van der Waals surface area contributed by atoms with Crippen molar-refractivity contribution in [2.45, 2.75) is 45.2 Å². The molecule has 4 heteroatoms. The third kappa shape index (κ3) is 2.29. The van der Waals surface area contributed by atoms with Gasteiger partial charge in [-0.25, -0.2) is 4.98 Å². The largest absolute Gasteiger partial charge is 0.333 e. The normalized spacial score (nSPS) is 24.1. The molecule has 92 valence electrons. The molecule has 0 aliphatic carbocycles. The van der Waals surface area contributed by atoms with Gasteiger partial charge in [0.25, 0.3) is 5.91 Å². The van der Waals surface area contributed by atoms with Crippen molar-refractivity contribution in [1.29, 1.82) is 0 Å². The van der Waals surface area contributed by atoms with E-state index < -0.39 is 0 Å². The maximum atomic E-state index is 12.4. The van der Waals surface area contributed by atoms with Crippen LogP contribution in [0.1, 0.15) is 43.5 Å². The second kappa shape index (κ2) is 5.05. The number of amides is 1. The molecule has 1 aliphatic rings. The fourth-order valence-electron chi connectivity index (χ4n) is 2.52. The van der Waals surface area contributed by atoms with Crippen LogP contribution in [0.25, 0.3) is 0 Å². The van der Waals surface area contributed by atoms with Crippen LogP contribution in [0.2, 0.25) is 5.15 Å². The van der Waals surface area contributed by atoms with E-state index >= 15 is 0 Å². The average Bonchev–Trinajstić information content (AvgIpc) is 2.70. The second-order valence-electron chi connectivity index (χ2n) is 4.54. The summed E-state index contributed by atoms with van der Waals surface area (Å²) < 4.78 is 0. The number of hydrogen-bond acceptors (Lipinski definition) is 2. The summed E-state index contributed by atoms with van der Waals surface area (Å²) in [6.07, 6.45) is 4.75. The molecular weight excluding hydrogens is 236 g/mol. The van der Waals surface area contributed by atoms with Crippen molar-refractivity contribution in [3.63, 3.8) is 0 Å². The molecule has 2 atom stereocenters. The average molecular weight is 253 g/mol. The lowest BCUT2D eigenvalue weighted by Gasteiger charge is -2.28. The Kier molecular flexibility index (Phi) is 3.67. The molecule has 1 aromatic rings. The SMILES string of the molecule is CCC1CCC(C)N1C(=O)c1cccnc1Cl. The molecule has 3 nitrogen and oxygen atoms in total. The van der Waals surface area contributed by atoms with Gasteiger partial charge in [0.05, 0.1) is 5.56 Å². The topological polar surface area (TPSA) is 33.2 Å².